The summed E-state index contributed by atoms with van der Waals surface area (Å²) >= 11 is 0. The van der Waals surface area contributed by atoms with Gasteiger partial charge in [-0.05, 0) is 40.7 Å². The second kappa shape index (κ2) is 7.58. The number of ether oxygens (including phenoxy) is 1. The zero-order chi connectivity index (χ0) is 19.6. The van der Waals surface area contributed by atoms with Gasteiger partial charge < -0.3 is 15.6 Å². The molecule has 0 saturated carbocycles. The predicted octanol–water partition coefficient (Wildman–Crippen LogP) is 3.51. The van der Waals surface area contributed by atoms with Crippen molar-refractivity contribution < 1.29 is 14.6 Å². The highest BCUT2D eigenvalue weighted by atomic mass is 16.5. The highest BCUT2D eigenvalue weighted by molar-refractivity contribution is 5.73. The number of aryl methyl sites for hydroxylation is 2. The predicted molar refractivity (Wildman–Crippen MR) is 108 cm³/mol. The number of nitrogens with two attached hydrogens (primary N) is 1. The zero-order valence-corrected chi connectivity index (χ0v) is 15.5. The summed E-state index contributed by atoms with van der Waals surface area (Å²) in [6.45, 7) is -0.0904. The molecular formula is C24H23NO3. The van der Waals surface area contributed by atoms with Crippen LogP contribution < -0.4 is 5.73 Å². The first-order chi connectivity index (χ1) is 13.6. The Balaban J connectivity index is 1.99. The van der Waals surface area contributed by atoms with Crippen molar-refractivity contribution in [3.05, 3.63) is 107 Å². The molecule has 4 heteroatoms. The molecule has 0 saturated heterocycles. The monoisotopic (exact) mass is 373 g/mol. The normalized spacial score (nSPS) is 15.8. The number of rotatable bonds is 5. The van der Waals surface area contributed by atoms with Crippen LogP contribution >= 0.6 is 0 Å². The number of benzene rings is 3. The van der Waals surface area contributed by atoms with E-state index in [9.17, 15) is 9.90 Å². The third-order valence-corrected chi connectivity index (χ3v) is 5.43. The number of carboxylic acid groups (broad SMARTS) is 1. The van der Waals surface area contributed by atoms with E-state index in [1.165, 1.54) is 11.1 Å². The lowest BCUT2D eigenvalue weighted by molar-refractivity contribution is -0.141. The fourth-order valence-electron chi connectivity index (χ4n) is 4.09. The lowest BCUT2D eigenvalue weighted by Gasteiger charge is -2.37. The fourth-order valence-corrected chi connectivity index (χ4v) is 4.09. The van der Waals surface area contributed by atoms with Crippen LogP contribution in [-0.2, 0) is 28.0 Å². The van der Waals surface area contributed by atoms with Crippen LogP contribution in [0.3, 0.4) is 0 Å². The molecule has 142 valence electrons. The maximum Gasteiger partial charge on any atom is 0.322 e. The summed E-state index contributed by atoms with van der Waals surface area (Å²) in [5.41, 5.74) is 10.4. The molecule has 0 spiro atoms. The van der Waals surface area contributed by atoms with E-state index in [1.807, 2.05) is 54.6 Å². The van der Waals surface area contributed by atoms with Crippen LogP contribution in [0.5, 0.6) is 0 Å². The van der Waals surface area contributed by atoms with Gasteiger partial charge >= 0.3 is 5.97 Å². The standard InChI is InChI=1S/C24H23NO3/c25-22(23(26)27)16-28-24(19-10-2-1-3-11-19)20-12-6-4-8-17(20)14-15-18-9-5-7-13-21(18)24/h1-13,22H,14-16,25H2,(H,26,27)/t22-/m0/s1. The van der Waals surface area contributed by atoms with Crippen molar-refractivity contribution in [1.29, 1.82) is 0 Å². The van der Waals surface area contributed by atoms with E-state index < -0.39 is 17.6 Å². The number of carbonyl (C=O) groups is 1. The third-order valence-electron chi connectivity index (χ3n) is 5.43. The fraction of sp³-hybridized carbons (Fsp3) is 0.208. The summed E-state index contributed by atoms with van der Waals surface area (Å²) in [5, 5.41) is 9.31. The first-order valence-electron chi connectivity index (χ1n) is 9.47. The van der Waals surface area contributed by atoms with Gasteiger partial charge in [-0.25, -0.2) is 0 Å². The molecule has 3 N–H and O–H groups in total. The minimum atomic E-state index is -1.09. The maximum atomic E-state index is 11.4. The summed E-state index contributed by atoms with van der Waals surface area (Å²) in [4.78, 5) is 11.4. The van der Waals surface area contributed by atoms with E-state index in [0.717, 1.165) is 29.5 Å². The van der Waals surface area contributed by atoms with Crippen molar-refractivity contribution in [2.75, 3.05) is 6.61 Å². The van der Waals surface area contributed by atoms with E-state index in [0.29, 0.717) is 0 Å². The molecule has 0 aliphatic heterocycles. The molecule has 28 heavy (non-hydrogen) atoms. The Kier molecular flexibility index (Phi) is 4.99. The Morgan fingerprint density at radius 2 is 1.39 bits per heavy atom. The highest BCUT2D eigenvalue weighted by Gasteiger charge is 2.42. The quantitative estimate of drug-likeness (QED) is 0.718. The van der Waals surface area contributed by atoms with Gasteiger partial charge in [0.1, 0.15) is 11.6 Å². The molecule has 3 aromatic carbocycles. The SMILES string of the molecule is N[C@@H](COC1(c2ccccc2)c2ccccc2CCc2ccccc21)C(=O)O. The zero-order valence-electron chi connectivity index (χ0n) is 15.5. The molecular weight excluding hydrogens is 350 g/mol. The van der Waals surface area contributed by atoms with Crippen molar-refractivity contribution >= 4 is 5.97 Å². The second-order valence-corrected chi connectivity index (χ2v) is 7.12. The van der Waals surface area contributed by atoms with Gasteiger partial charge in [-0.1, -0.05) is 78.9 Å². The number of aliphatic carboxylic acids is 1. The number of hydrogen-bond donors (Lipinski definition) is 2. The maximum absolute atomic E-state index is 11.4. The van der Waals surface area contributed by atoms with Crippen molar-refractivity contribution in [2.45, 2.75) is 24.5 Å². The molecule has 4 nitrogen and oxygen atoms in total. The molecule has 0 amide bonds. The van der Waals surface area contributed by atoms with E-state index in [4.69, 9.17) is 10.5 Å². The molecule has 4 rings (SSSR count). The minimum absolute atomic E-state index is 0.0904. The lowest BCUT2D eigenvalue weighted by atomic mass is 9.78. The second-order valence-electron chi connectivity index (χ2n) is 7.12. The molecule has 0 radical (unpaired) electrons. The van der Waals surface area contributed by atoms with Gasteiger partial charge in [-0.15, -0.1) is 0 Å². The summed E-state index contributed by atoms with van der Waals surface area (Å²) in [6, 6.07) is 25.4. The lowest BCUT2D eigenvalue weighted by Crippen LogP contribution is -2.41. The van der Waals surface area contributed by atoms with Crippen LogP contribution in [0.25, 0.3) is 0 Å². The van der Waals surface area contributed by atoms with Crippen LogP contribution in [-0.4, -0.2) is 23.7 Å². The van der Waals surface area contributed by atoms with Crippen LogP contribution in [0.4, 0.5) is 0 Å². The van der Waals surface area contributed by atoms with Gasteiger partial charge in [0.25, 0.3) is 0 Å². The Labute approximate surface area is 164 Å². The number of carboxylic acids is 1. The Morgan fingerprint density at radius 1 is 0.893 bits per heavy atom. The smallest absolute Gasteiger partial charge is 0.322 e. The summed E-state index contributed by atoms with van der Waals surface area (Å²) in [5.74, 6) is -1.07. The topological polar surface area (TPSA) is 72.5 Å². The average Bonchev–Trinajstić information content (AvgIpc) is 2.88. The van der Waals surface area contributed by atoms with E-state index in [2.05, 4.69) is 24.3 Å². The molecule has 1 aliphatic rings. The molecule has 3 aromatic rings. The molecule has 0 aromatic heterocycles. The van der Waals surface area contributed by atoms with Gasteiger partial charge in [0.15, 0.2) is 0 Å². The van der Waals surface area contributed by atoms with Gasteiger partial charge in [0, 0.05) is 0 Å². The number of fused-ring (bicyclic) bond motifs is 2. The van der Waals surface area contributed by atoms with Crippen molar-refractivity contribution in [2.24, 2.45) is 5.73 Å². The molecule has 1 aliphatic carbocycles. The molecule has 0 unspecified atom stereocenters. The highest BCUT2D eigenvalue weighted by Crippen LogP contribution is 2.45. The van der Waals surface area contributed by atoms with Crippen LogP contribution in [0.1, 0.15) is 27.8 Å². The Morgan fingerprint density at radius 3 is 1.93 bits per heavy atom. The summed E-state index contributed by atoms with van der Waals surface area (Å²) in [6.07, 6.45) is 1.80. The van der Waals surface area contributed by atoms with Crippen LogP contribution in [0.15, 0.2) is 78.9 Å². The Hall–Kier alpha value is -2.95. The molecule has 0 heterocycles. The first-order valence-corrected chi connectivity index (χ1v) is 9.47. The van der Waals surface area contributed by atoms with Gasteiger partial charge in [-0.2, -0.15) is 0 Å². The average molecular weight is 373 g/mol. The van der Waals surface area contributed by atoms with Crippen LogP contribution in [0, 0.1) is 0 Å². The van der Waals surface area contributed by atoms with Crippen molar-refractivity contribution in [1.82, 2.24) is 0 Å². The summed E-state index contributed by atoms with van der Waals surface area (Å²) in [7, 11) is 0. The Bertz CT molecular complexity index is 936. The first kappa shape index (κ1) is 18.4. The number of hydrogen-bond acceptors (Lipinski definition) is 3. The van der Waals surface area contributed by atoms with Gasteiger partial charge in [0.05, 0.1) is 6.61 Å². The van der Waals surface area contributed by atoms with Crippen LogP contribution in [0.2, 0.25) is 0 Å². The third kappa shape index (κ3) is 3.11. The molecule has 1 atom stereocenters. The molecule has 0 fully saturated rings. The molecule has 0 bridgehead atoms. The van der Waals surface area contributed by atoms with Crippen molar-refractivity contribution in [3.8, 4) is 0 Å². The van der Waals surface area contributed by atoms with Gasteiger partial charge in [-0.3, -0.25) is 4.79 Å². The van der Waals surface area contributed by atoms with E-state index >= 15 is 0 Å². The van der Waals surface area contributed by atoms with E-state index in [1.54, 1.807) is 0 Å². The van der Waals surface area contributed by atoms with Gasteiger partial charge in [0.2, 0.25) is 0 Å². The summed E-state index contributed by atoms with van der Waals surface area (Å²) < 4.78 is 6.51. The van der Waals surface area contributed by atoms with Crippen molar-refractivity contribution in [3.63, 3.8) is 0 Å². The minimum Gasteiger partial charge on any atom is -0.480 e. The largest absolute Gasteiger partial charge is 0.480 e. The van der Waals surface area contributed by atoms with E-state index in [-0.39, 0.29) is 6.61 Å².